The molecular formula is C6H9N3O6. The molecule has 0 aliphatic heterocycles. The Kier molecular flexibility index (Phi) is 5.79. The SMILES string of the molecule is COC(=O)C(O)C(O)C(=O)OCN=[N+]=[N-]. The van der Waals surface area contributed by atoms with Crippen LogP contribution in [0.5, 0.6) is 0 Å². The molecule has 2 N–H and O–H groups in total. The number of methoxy groups -OCH3 is 1. The highest BCUT2D eigenvalue weighted by atomic mass is 16.6. The molecule has 15 heavy (non-hydrogen) atoms. The lowest BCUT2D eigenvalue weighted by molar-refractivity contribution is -0.171. The Morgan fingerprint density at radius 2 is 1.93 bits per heavy atom. The lowest BCUT2D eigenvalue weighted by Gasteiger charge is -2.13. The molecule has 0 aromatic rings. The van der Waals surface area contributed by atoms with E-state index < -0.39 is 30.9 Å². The maximum atomic E-state index is 10.9. The van der Waals surface area contributed by atoms with E-state index in [0.29, 0.717) is 0 Å². The molecule has 0 saturated carbocycles. The molecule has 0 rings (SSSR count). The average molecular weight is 219 g/mol. The molecule has 0 fully saturated rings. The van der Waals surface area contributed by atoms with Crippen molar-refractivity contribution in [2.75, 3.05) is 13.8 Å². The number of hydrogen-bond acceptors (Lipinski definition) is 7. The van der Waals surface area contributed by atoms with Crippen LogP contribution in [0.4, 0.5) is 0 Å². The number of hydrogen-bond donors (Lipinski definition) is 2. The predicted molar refractivity (Wildman–Crippen MR) is 44.1 cm³/mol. The van der Waals surface area contributed by atoms with Crippen molar-refractivity contribution in [1.29, 1.82) is 0 Å². The average Bonchev–Trinajstić information content (AvgIpc) is 2.26. The Labute approximate surface area is 83.8 Å². The van der Waals surface area contributed by atoms with Crippen molar-refractivity contribution in [3.63, 3.8) is 0 Å². The van der Waals surface area contributed by atoms with Crippen LogP contribution in [0.15, 0.2) is 5.11 Å². The maximum absolute atomic E-state index is 10.9. The summed E-state index contributed by atoms with van der Waals surface area (Å²) >= 11 is 0. The largest absolute Gasteiger partial charge is 0.467 e. The fourth-order valence-electron chi connectivity index (χ4n) is 0.582. The van der Waals surface area contributed by atoms with Gasteiger partial charge in [-0.05, 0) is 5.53 Å². The summed E-state index contributed by atoms with van der Waals surface area (Å²) in [7, 11) is 0.976. The van der Waals surface area contributed by atoms with Crippen LogP contribution in [0.1, 0.15) is 0 Å². The molecule has 0 aliphatic rings. The first-order chi connectivity index (χ1) is 7.04. The smallest absolute Gasteiger partial charge is 0.338 e. The Morgan fingerprint density at radius 1 is 1.40 bits per heavy atom. The minimum absolute atomic E-state index is 0.639. The number of aliphatic hydroxyl groups excluding tert-OH is 2. The van der Waals surface area contributed by atoms with Crippen LogP contribution in [-0.4, -0.2) is 48.2 Å². The van der Waals surface area contributed by atoms with Gasteiger partial charge in [-0.1, -0.05) is 5.11 Å². The molecule has 0 aliphatic carbocycles. The van der Waals surface area contributed by atoms with E-state index in [0.717, 1.165) is 7.11 Å². The predicted octanol–water partition coefficient (Wildman–Crippen LogP) is -1.31. The Morgan fingerprint density at radius 3 is 2.40 bits per heavy atom. The Bertz CT molecular complexity index is 287. The lowest BCUT2D eigenvalue weighted by atomic mass is 10.2. The topological polar surface area (TPSA) is 142 Å². The summed E-state index contributed by atoms with van der Waals surface area (Å²) in [5.41, 5.74) is 7.83. The van der Waals surface area contributed by atoms with Crippen molar-refractivity contribution in [2.24, 2.45) is 5.11 Å². The standard InChI is InChI=1S/C6H9N3O6/c1-14-5(12)3(10)4(11)6(13)15-2-8-9-7/h3-4,10-11H,2H2,1H3. The highest BCUT2D eigenvalue weighted by Gasteiger charge is 2.32. The Balaban J connectivity index is 4.18. The number of ether oxygens (including phenoxy) is 2. The van der Waals surface area contributed by atoms with E-state index >= 15 is 0 Å². The second-order valence-electron chi connectivity index (χ2n) is 2.24. The highest BCUT2D eigenvalue weighted by Crippen LogP contribution is 1.99. The zero-order valence-electron chi connectivity index (χ0n) is 7.73. The van der Waals surface area contributed by atoms with Gasteiger partial charge in [0.15, 0.2) is 18.9 Å². The molecule has 0 heterocycles. The van der Waals surface area contributed by atoms with E-state index in [2.05, 4.69) is 19.5 Å². The highest BCUT2D eigenvalue weighted by molar-refractivity contribution is 5.85. The summed E-state index contributed by atoms with van der Waals surface area (Å²) in [6.07, 6.45) is -4.11. The first-order valence-electron chi connectivity index (χ1n) is 3.66. The number of aliphatic hydroxyl groups is 2. The Hall–Kier alpha value is -1.83. The summed E-state index contributed by atoms with van der Waals surface area (Å²) in [6.45, 7) is -0.639. The van der Waals surface area contributed by atoms with Gasteiger partial charge in [-0.15, -0.1) is 0 Å². The molecule has 0 aromatic carbocycles. The van der Waals surface area contributed by atoms with E-state index in [9.17, 15) is 9.59 Å². The van der Waals surface area contributed by atoms with Crippen LogP contribution in [0.3, 0.4) is 0 Å². The first-order valence-corrected chi connectivity index (χ1v) is 3.66. The minimum atomic E-state index is -2.08. The van der Waals surface area contributed by atoms with Gasteiger partial charge in [-0.3, -0.25) is 0 Å². The molecule has 9 nitrogen and oxygen atoms in total. The van der Waals surface area contributed by atoms with Crippen LogP contribution in [-0.2, 0) is 19.1 Å². The summed E-state index contributed by atoms with van der Waals surface area (Å²) in [6, 6.07) is 0. The fourth-order valence-corrected chi connectivity index (χ4v) is 0.582. The normalized spacial score (nSPS) is 13.3. The van der Waals surface area contributed by atoms with Gasteiger partial charge in [-0.2, -0.15) is 0 Å². The van der Waals surface area contributed by atoms with Crippen LogP contribution in [0, 0.1) is 0 Å². The molecule has 0 spiro atoms. The van der Waals surface area contributed by atoms with Gasteiger partial charge in [0.2, 0.25) is 0 Å². The molecular weight excluding hydrogens is 210 g/mol. The second-order valence-corrected chi connectivity index (χ2v) is 2.24. The third-order valence-electron chi connectivity index (χ3n) is 1.31. The van der Waals surface area contributed by atoms with Crippen molar-refractivity contribution in [3.8, 4) is 0 Å². The van der Waals surface area contributed by atoms with E-state index in [-0.39, 0.29) is 0 Å². The van der Waals surface area contributed by atoms with Crippen molar-refractivity contribution < 1.29 is 29.3 Å². The third kappa shape index (κ3) is 4.27. The fraction of sp³-hybridized carbons (Fsp3) is 0.667. The minimum Gasteiger partial charge on any atom is -0.467 e. The van der Waals surface area contributed by atoms with Gasteiger partial charge >= 0.3 is 11.9 Å². The van der Waals surface area contributed by atoms with Gasteiger partial charge < -0.3 is 19.7 Å². The van der Waals surface area contributed by atoms with Crippen molar-refractivity contribution in [2.45, 2.75) is 12.2 Å². The van der Waals surface area contributed by atoms with Crippen molar-refractivity contribution in [3.05, 3.63) is 10.4 Å². The number of azide groups is 1. The number of carbonyl (C=O) groups excluding carboxylic acids is 2. The summed E-state index contributed by atoms with van der Waals surface area (Å²) in [5.74, 6) is -2.47. The molecule has 84 valence electrons. The van der Waals surface area contributed by atoms with Crippen LogP contribution in [0.2, 0.25) is 0 Å². The number of carbonyl (C=O) groups is 2. The van der Waals surface area contributed by atoms with E-state index in [1.807, 2.05) is 0 Å². The first kappa shape index (κ1) is 13.2. The molecule has 2 unspecified atom stereocenters. The molecule has 0 bridgehead atoms. The summed E-state index contributed by atoms with van der Waals surface area (Å²) in [4.78, 5) is 23.8. The molecule has 9 heteroatoms. The van der Waals surface area contributed by atoms with Gasteiger partial charge in [0, 0.05) is 4.91 Å². The number of esters is 2. The van der Waals surface area contributed by atoms with Gasteiger partial charge in [-0.25, -0.2) is 9.59 Å². The molecule has 2 atom stereocenters. The van der Waals surface area contributed by atoms with E-state index in [1.165, 1.54) is 0 Å². The van der Waals surface area contributed by atoms with E-state index in [1.54, 1.807) is 0 Å². The number of rotatable bonds is 5. The second kappa shape index (κ2) is 6.60. The van der Waals surface area contributed by atoms with Crippen molar-refractivity contribution >= 4 is 11.9 Å². The monoisotopic (exact) mass is 219 g/mol. The van der Waals surface area contributed by atoms with Gasteiger partial charge in [0.1, 0.15) is 0 Å². The van der Waals surface area contributed by atoms with Crippen LogP contribution in [0.25, 0.3) is 10.4 Å². The van der Waals surface area contributed by atoms with Gasteiger partial charge in [0.25, 0.3) is 0 Å². The van der Waals surface area contributed by atoms with Crippen LogP contribution >= 0.6 is 0 Å². The molecule has 0 radical (unpaired) electrons. The number of nitrogens with zero attached hydrogens (tertiary/aromatic N) is 3. The zero-order chi connectivity index (χ0) is 11.8. The zero-order valence-corrected chi connectivity index (χ0v) is 7.73. The van der Waals surface area contributed by atoms with Crippen LogP contribution < -0.4 is 0 Å². The molecule has 0 aromatic heterocycles. The summed E-state index contributed by atoms with van der Waals surface area (Å²) < 4.78 is 8.25. The maximum Gasteiger partial charge on any atom is 0.338 e. The molecule has 0 amide bonds. The summed E-state index contributed by atoms with van der Waals surface area (Å²) in [5, 5.41) is 20.9. The molecule has 0 saturated heterocycles. The third-order valence-corrected chi connectivity index (χ3v) is 1.31. The quantitative estimate of drug-likeness (QED) is 0.254. The van der Waals surface area contributed by atoms with Gasteiger partial charge in [0.05, 0.1) is 7.11 Å². The lowest BCUT2D eigenvalue weighted by Crippen LogP contribution is -2.41. The van der Waals surface area contributed by atoms with E-state index in [4.69, 9.17) is 15.7 Å². The van der Waals surface area contributed by atoms with Crippen molar-refractivity contribution in [1.82, 2.24) is 0 Å².